The van der Waals surface area contributed by atoms with Crippen LogP contribution < -0.4 is 5.32 Å². The molecule has 0 radical (unpaired) electrons. The van der Waals surface area contributed by atoms with Gasteiger partial charge in [0.15, 0.2) is 0 Å². The lowest BCUT2D eigenvalue weighted by Crippen LogP contribution is -2.33. The monoisotopic (exact) mass is 214 g/mol. The highest BCUT2D eigenvalue weighted by Gasteiger charge is 2.25. The van der Waals surface area contributed by atoms with E-state index in [1.807, 2.05) is 7.05 Å². The minimum Gasteiger partial charge on any atom is -0.380 e. The lowest BCUT2D eigenvalue weighted by Gasteiger charge is -2.24. The second-order valence-corrected chi connectivity index (χ2v) is 5.46. The largest absolute Gasteiger partial charge is 0.380 e. The van der Waals surface area contributed by atoms with Crippen LogP contribution in [0.1, 0.15) is 26.7 Å². The summed E-state index contributed by atoms with van der Waals surface area (Å²) in [5.41, 5.74) is 0.243. The standard InChI is InChI=1S/C12H26N2O/c1-12(2,9-13-3)10-15-8-7-14(4)11-5-6-11/h11,13H,5-10H2,1-4H3. The van der Waals surface area contributed by atoms with Gasteiger partial charge in [0, 0.05) is 24.5 Å². The van der Waals surface area contributed by atoms with Crippen molar-refractivity contribution in [3.05, 3.63) is 0 Å². The molecular weight excluding hydrogens is 188 g/mol. The van der Waals surface area contributed by atoms with Crippen LogP contribution in [0.2, 0.25) is 0 Å². The zero-order chi connectivity index (χ0) is 11.3. The molecule has 0 unspecified atom stereocenters. The Hall–Kier alpha value is -0.120. The van der Waals surface area contributed by atoms with Crippen molar-refractivity contribution in [1.29, 1.82) is 0 Å². The third kappa shape index (κ3) is 5.50. The van der Waals surface area contributed by atoms with E-state index in [0.29, 0.717) is 0 Å². The summed E-state index contributed by atoms with van der Waals surface area (Å²) in [5.74, 6) is 0. The predicted octanol–water partition coefficient (Wildman–Crippen LogP) is 1.34. The summed E-state index contributed by atoms with van der Waals surface area (Å²) < 4.78 is 5.72. The fourth-order valence-corrected chi connectivity index (χ4v) is 1.78. The molecule has 0 amide bonds. The number of nitrogens with one attached hydrogen (secondary N) is 1. The SMILES string of the molecule is CNCC(C)(C)COCCN(C)C1CC1. The molecule has 3 nitrogen and oxygen atoms in total. The van der Waals surface area contributed by atoms with E-state index in [9.17, 15) is 0 Å². The summed E-state index contributed by atoms with van der Waals surface area (Å²) in [6.45, 7) is 8.24. The van der Waals surface area contributed by atoms with Gasteiger partial charge >= 0.3 is 0 Å². The van der Waals surface area contributed by atoms with Gasteiger partial charge in [-0.3, -0.25) is 0 Å². The van der Waals surface area contributed by atoms with Crippen molar-refractivity contribution < 1.29 is 4.74 Å². The van der Waals surface area contributed by atoms with Gasteiger partial charge in [-0.15, -0.1) is 0 Å². The summed E-state index contributed by atoms with van der Waals surface area (Å²) in [6.07, 6.45) is 2.75. The highest BCUT2D eigenvalue weighted by atomic mass is 16.5. The Morgan fingerprint density at radius 3 is 2.60 bits per heavy atom. The Labute approximate surface area is 94.2 Å². The molecule has 0 saturated heterocycles. The molecule has 1 fully saturated rings. The molecule has 0 aliphatic heterocycles. The Bertz CT molecular complexity index is 178. The number of nitrogens with zero attached hydrogens (tertiary/aromatic N) is 1. The number of hydrogen-bond donors (Lipinski definition) is 1. The maximum atomic E-state index is 5.72. The predicted molar refractivity (Wildman–Crippen MR) is 64.2 cm³/mol. The van der Waals surface area contributed by atoms with Crippen molar-refractivity contribution >= 4 is 0 Å². The van der Waals surface area contributed by atoms with Crippen molar-refractivity contribution in [1.82, 2.24) is 10.2 Å². The van der Waals surface area contributed by atoms with E-state index in [1.165, 1.54) is 12.8 Å². The second-order valence-electron chi connectivity index (χ2n) is 5.46. The molecule has 1 N–H and O–H groups in total. The van der Waals surface area contributed by atoms with Crippen LogP contribution in [-0.4, -0.2) is 51.3 Å². The van der Waals surface area contributed by atoms with E-state index in [-0.39, 0.29) is 5.41 Å². The molecule has 0 aromatic rings. The molecule has 15 heavy (non-hydrogen) atoms. The molecular formula is C12H26N2O. The van der Waals surface area contributed by atoms with Gasteiger partial charge < -0.3 is 15.0 Å². The summed E-state index contributed by atoms with van der Waals surface area (Å²) in [6, 6.07) is 0.846. The average molecular weight is 214 g/mol. The van der Waals surface area contributed by atoms with Gasteiger partial charge in [-0.05, 0) is 26.9 Å². The van der Waals surface area contributed by atoms with Crippen molar-refractivity contribution in [2.24, 2.45) is 5.41 Å². The first kappa shape index (κ1) is 12.9. The Balaban J connectivity index is 1.99. The third-order valence-corrected chi connectivity index (χ3v) is 2.91. The molecule has 0 aromatic carbocycles. The van der Waals surface area contributed by atoms with Crippen molar-refractivity contribution in [2.45, 2.75) is 32.7 Å². The van der Waals surface area contributed by atoms with E-state index in [0.717, 1.165) is 32.3 Å². The topological polar surface area (TPSA) is 24.5 Å². The fourth-order valence-electron chi connectivity index (χ4n) is 1.78. The zero-order valence-corrected chi connectivity index (χ0v) is 10.7. The van der Waals surface area contributed by atoms with Crippen LogP contribution in [0.15, 0.2) is 0 Å². The summed E-state index contributed by atoms with van der Waals surface area (Å²) in [5, 5.41) is 3.20. The number of rotatable bonds is 8. The molecule has 1 saturated carbocycles. The first-order valence-corrected chi connectivity index (χ1v) is 5.98. The fraction of sp³-hybridized carbons (Fsp3) is 1.00. The van der Waals surface area contributed by atoms with Crippen molar-refractivity contribution in [3.63, 3.8) is 0 Å². The maximum Gasteiger partial charge on any atom is 0.0593 e. The highest BCUT2D eigenvalue weighted by molar-refractivity contribution is 4.82. The molecule has 0 aromatic heterocycles. The lowest BCUT2D eigenvalue weighted by atomic mass is 9.95. The van der Waals surface area contributed by atoms with E-state index >= 15 is 0 Å². The van der Waals surface area contributed by atoms with Crippen molar-refractivity contribution in [2.75, 3.05) is 40.4 Å². The van der Waals surface area contributed by atoms with Crippen LogP contribution in [0.25, 0.3) is 0 Å². The van der Waals surface area contributed by atoms with Crippen LogP contribution in [0.5, 0.6) is 0 Å². The smallest absolute Gasteiger partial charge is 0.0593 e. The first-order valence-electron chi connectivity index (χ1n) is 5.98. The molecule has 1 aliphatic carbocycles. The number of likely N-dealkylation sites (N-methyl/N-ethyl adjacent to an activating group) is 1. The molecule has 1 rings (SSSR count). The van der Waals surface area contributed by atoms with Crippen LogP contribution in [0.3, 0.4) is 0 Å². The summed E-state index contributed by atoms with van der Waals surface area (Å²) in [7, 11) is 4.18. The summed E-state index contributed by atoms with van der Waals surface area (Å²) >= 11 is 0. The van der Waals surface area contributed by atoms with Gasteiger partial charge in [-0.25, -0.2) is 0 Å². The minimum atomic E-state index is 0.243. The second kappa shape index (κ2) is 5.83. The van der Waals surface area contributed by atoms with E-state index in [2.05, 4.69) is 31.1 Å². The molecule has 90 valence electrons. The van der Waals surface area contributed by atoms with Gasteiger partial charge in [-0.2, -0.15) is 0 Å². The van der Waals surface area contributed by atoms with Crippen LogP contribution in [0, 0.1) is 5.41 Å². The molecule has 3 heteroatoms. The molecule has 0 atom stereocenters. The highest BCUT2D eigenvalue weighted by Crippen LogP contribution is 2.24. The van der Waals surface area contributed by atoms with Gasteiger partial charge in [-0.1, -0.05) is 13.8 Å². The first-order chi connectivity index (χ1) is 7.05. The van der Waals surface area contributed by atoms with E-state index in [4.69, 9.17) is 4.74 Å². The summed E-state index contributed by atoms with van der Waals surface area (Å²) in [4.78, 5) is 2.41. The van der Waals surface area contributed by atoms with E-state index in [1.54, 1.807) is 0 Å². The Kier molecular flexibility index (Phi) is 5.03. The lowest BCUT2D eigenvalue weighted by molar-refractivity contribution is 0.0507. The van der Waals surface area contributed by atoms with Gasteiger partial charge in [0.2, 0.25) is 0 Å². The van der Waals surface area contributed by atoms with E-state index < -0.39 is 0 Å². The van der Waals surface area contributed by atoms with Crippen LogP contribution in [-0.2, 0) is 4.74 Å². The van der Waals surface area contributed by atoms with Gasteiger partial charge in [0.25, 0.3) is 0 Å². The Morgan fingerprint density at radius 2 is 2.07 bits per heavy atom. The van der Waals surface area contributed by atoms with Crippen LogP contribution in [0.4, 0.5) is 0 Å². The maximum absolute atomic E-state index is 5.72. The van der Waals surface area contributed by atoms with Gasteiger partial charge in [0.05, 0.1) is 13.2 Å². The third-order valence-electron chi connectivity index (χ3n) is 2.91. The van der Waals surface area contributed by atoms with Crippen molar-refractivity contribution in [3.8, 4) is 0 Å². The number of hydrogen-bond acceptors (Lipinski definition) is 3. The Morgan fingerprint density at radius 1 is 1.40 bits per heavy atom. The zero-order valence-electron chi connectivity index (χ0n) is 10.7. The minimum absolute atomic E-state index is 0.243. The van der Waals surface area contributed by atoms with Gasteiger partial charge in [0.1, 0.15) is 0 Å². The molecule has 1 aliphatic rings. The number of ether oxygens (including phenoxy) is 1. The molecule has 0 heterocycles. The molecule has 0 spiro atoms. The average Bonchev–Trinajstić information content (AvgIpc) is 2.95. The normalized spacial score (nSPS) is 17.4. The quantitative estimate of drug-likeness (QED) is 0.617. The van der Waals surface area contributed by atoms with Crippen LogP contribution >= 0.6 is 0 Å². The molecule has 0 bridgehead atoms.